The van der Waals surface area contributed by atoms with Crippen molar-refractivity contribution in [1.82, 2.24) is 4.72 Å². The van der Waals surface area contributed by atoms with Gasteiger partial charge in [0.05, 0.1) is 12.4 Å². The summed E-state index contributed by atoms with van der Waals surface area (Å²) in [7, 11) is -3.28. The van der Waals surface area contributed by atoms with E-state index in [-0.39, 0.29) is 24.7 Å². The first-order valence-electron chi connectivity index (χ1n) is 5.03. The molecule has 0 spiro atoms. The molecule has 0 fully saturated rings. The minimum atomic E-state index is -3.28. The Balaban J connectivity index is 3.66. The average Bonchev–Trinajstić information content (AvgIpc) is 2.24. The fourth-order valence-corrected chi connectivity index (χ4v) is 1.87. The van der Waals surface area contributed by atoms with Crippen LogP contribution in [0.4, 0.5) is 0 Å². The summed E-state index contributed by atoms with van der Waals surface area (Å²) in [4.78, 5) is 0. The van der Waals surface area contributed by atoms with Gasteiger partial charge in [-0.1, -0.05) is 5.16 Å². The molecule has 0 aromatic carbocycles. The zero-order valence-corrected chi connectivity index (χ0v) is 10.2. The monoisotopic (exact) mass is 253 g/mol. The first kappa shape index (κ1) is 15.1. The minimum Gasteiger partial charge on any atom is -0.409 e. The molecule has 8 heteroatoms. The van der Waals surface area contributed by atoms with Crippen molar-refractivity contribution in [2.75, 3.05) is 25.5 Å². The van der Waals surface area contributed by atoms with E-state index in [1.165, 1.54) is 0 Å². The third-order valence-corrected chi connectivity index (χ3v) is 3.11. The first-order chi connectivity index (χ1) is 7.52. The molecule has 0 amide bonds. The predicted molar refractivity (Wildman–Crippen MR) is 60.9 cm³/mol. The molecular weight excluding hydrogens is 234 g/mol. The number of nitrogens with one attached hydrogen (secondary N) is 1. The maximum Gasteiger partial charge on any atom is 0.213 e. The third kappa shape index (κ3) is 8.45. The number of rotatable bonds is 9. The normalized spacial score (nSPS) is 12.9. The zero-order chi connectivity index (χ0) is 12.4. The molecule has 0 saturated heterocycles. The number of hydrogen-bond acceptors (Lipinski definition) is 5. The molecule has 0 atom stereocenters. The maximum absolute atomic E-state index is 11.3. The van der Waals surface area contributed by atoms with Crippen molar-refractivity contribution in [2.45, 2.75) is 19.8 Å². The van der Waals surface area contributed by atoms with E-state index in [9.17, 15) is 8.42 Å². The van der Waals surface area contributed by atoms with Crippen LogP contribution in [-0.4, -0.2) is 45.0 Å². The van der Waals surface area contributed by atoms with Gasteiger partial charge in [-0.3, -0.25) is 0 Å². The molecule has 0 heterocycles. The Morgan fingerprint density at radius 3 is 2.81 bits per heavy atom. The lowest BCUT2D eigenvalue weighted by atomic mass is 10.3. The van der Waals surface area contributed by atoms with Crippen molar-refractivity contribution >= 4 is 15.9 Å². The van der Waals surface area contributed by atoms with Gasteiger partial charge in [0.1, 0.15) is 5.84 Å². The van der Waals surface area contributed by atoms with Gasteiger partial charge in [-0.05, 0) is 13.3 Å². The minimum absolute atomic E-state index is 0.0512. The molecule has 0 aliphatic carbocycles. The van der Waals surface area contributed by atoms with Crippen LogP contribution in [0.25, 0.3) is 0 Å². The standard InChI is InChI=1S/C8H19N3O4S/c1-2-15-6-7-16(13,14)10-5-3-4-8(9)11-12/h10,12H,2-7H2,1H3,(H2,9,11). The van der Waals surface area contributed by atoms with Crippen LogP contribution in [0.2, 0.25) is 0 Å². The Hall–Kier alpha value is -0.860. The number of amidine groups is 1. The van der Waals surface area contributed by atoms with Crippen LogP contribution in [0.15, 0.2) is 5.16 Å². The van der Waals surface area contributed by atoms with Gasteiger partial charge < -0.3 is 15.7 Å². The molecule has 0 radical (unpaired) electrons. The molecule has 16 heavy (non-hydrogen) atoms. The summed E-state index contributed by atoms with van der Waals surface area (Å²) in [6.07, 6.45) is 0.842. The largest absolute Gasteiger partial charge is 0.409 e. The molecule has 0 unspecified atom stereocenters. The average molecular weight is 253 g/mol. The Labute approximate surface area is 95.7 Å². The highest BCUT2D eigenvalue weighted by atomic mass is 32.2. The van der Waals surface area contributed by atoms with E-state index < -0.39 is 10.0 Å². The number of nitrogens with zero attached hydrogens (tertiary/aromatic N) is 1. The van der Waals surface area contributed by atoms with Crippen LogP contribution in [-0.2, 0) is 14.8 Å². The SMILES string of the molecule is CCOCCS(=O)(=O)NCCCC(N)=NO. The van der Waals surface area contributed by atoms with Gasteiger partial charge in [0.15, 0.2) is 0 Å². The summed E-state index contributed by atoms with van der Waals surface area (Å²) < 4.78 is 30.0. The molecule has 0 aromatic rings. The van der Waals surface area contributed by atoms with Crippen LogP contribution in [0.3, 0.4) is 0 Å². The smallest absolute Gasteiger partial charge is 0.213 e. The third-order valence-electron chi connectivity index (χ3n) is 1.76. The number of oxime groups is 1. The van der Waals surface area contributed by atoms with Crippen LogP contribution < -0.4 is 10.5 Å². The van der Waals surface area contributed by atoms with Crippen molar-refractivity contribution in [2.24, 2.45) is 10.9 Å². The quantitative estimate of drug-likeness (QED) is 0.168. The van der Waals surface area contributed by atoms with Crippen molar-refractivity contribution in [1.29, 1.82) is 0 Å². The highest BCUT2D eigenvalue weighted by Crippen LogP contribution is 1.90. The second-order valence-electron chi connectivity index (χ2n) is 3.11. The highest BCUT2D eigenvalue weighted by molar-refractivity contribution is 7.89. The fourth-order valence-electron chi connectivity index (χ4n) is 0.932. The van der Waals surface area contributed by atoms with Gasteiger partial charge in [-0.25, -0.2) is 13.1 Å². The lowest BCUT2D eigenvalue weighted by Crippen LogP contribution is -2.29. The predicted octanol–water partition coefficient (Wildman–Crippen LogP) is -0.531. The van der Waals surface area contributed by atoms with Crippen LogP contribution in [0.1, 0.15) is 19.8 Å². The molecule has 0 aromatic heterocycles. The second kappa shape index (κ2) is 8.31. The highest BCUT2D eigenvalue weighted by Gasteiger charge is 2.08. The summed E-state index contributed by atoms with van der Waals surface area (Å²) >= 11 is 0. The zero-order valence-electron chi connectivity index (χ0n) is 9.35. The second-order valence-corrected chi connectivity index (χ2v) is 5.03. The fraction of sp³-hybridized carbons (Fsp3) is 0.875. The van der Waals surface area contributed by atoms with Gasteiger partial charge in [0.2, 0.25) is 10.0 Å². The van der Waals surface area contributed by atoms with Gasteiger partial charge in [-0.2, -0.15) is 0 Å². The molecule has 0 rings (SSSR count). The van der Waals surface area contributed by atoms with E-state index in [0.717, 1.165) is 0 Å². The van der Waals surface area contributed by atoms with Crippen molar-refractivity contribution in [3.8, 4) is 0 Å². The molecule has 96 valence electrons. The Morgan fingerprint density at radius 1 is 1.56 bits per heavy atom. The van der Waals surface area contributed by atoms with Crippen molar-refractivity contribution in [3.63, 3.8) is 0 Å². The van der Waals surface area contributed by atoms with Gasteiger partial charge in [0, 0.05) is 19.6 Å². The van der Waals surface area contributed by atoms with Crippen LogP contribution >= 0.6 is 0 Å². The molecule has 0 aliphatic heterocycles. The Morgan fingerprint density at radius 2 is 2.25 bits per heavy atom. The Bertz CT molecular complexity index is 302. The summed E-state index contributed by atoms with van der Waals surface area (Å²) in [5, 5.41) is 11.0. The number of hydrogen-bond donors (Lipinski definition) is 3. The Kier molecular flexibility index (Phi) is 7.86. The lowest BCUT2D eigenvalue weighted by Gasteiger charge is -2.06. The van der Waals surface area contributed by atoms with Crippen molar-refractivity contribution < 1.29 is 18.4 Å². The summed E-state index contributed by atoms with van der Waals surface area (Å²) in [5.74, 6) is 0.0400. The summed E-state index contributed by atoms with van der Waals surface area (Å²) in [6, 6.07) is 0. The van der Waals surface area contributed by atoms with E-state index in [1.807, 2.05) is 0 Å². The van der Waals surface area contributed by atoms with E-state index >= 15 is 0 Å². The van der Waals surface area contributed by atoms with Gasteiger partial charge in [0.25, 0.3) is 0 Å². The molecule has 0 aliphatic rings. The van der Waals surface area contributed by atoms with E-state index in [2.05, 4.69) is 9.88 Å². The van der Waals surface area contributed by atoms with E-state index in [4.69, 9.17) is 15.7 Å². The first-order valence-corrected chi connectivity index (χ1v) is 6.68. The lowest BCUT2D eigenvalue weighted by molar-refractivity contribution is 0.163. The van der Waals surface area contributed by atoms with Gasteiger partial charge in [-0.15, -0.1) is 0 Å². The van der Waals surface area contributed by atoms with Gasteiger partial charge >= 0.3 is 0 Å². The number of sulfonamides is 1. The topological polar surface area (TPSA) is 114 Å². The van der Waals surface area contributed by atoms with Crippen molar-refractivity contribution in [3.05, 3.63) is 0 Å². The summed E-state index contributed by atoms with van der Waals surface area (Å²) in [6.45, 7) is 2.76. The van der Waals surface area contributed by atoms with Crippen LogP contribution in [0, 0.1) is 0 Å². The number of nitrogens with two attached hydrogens (primary N) is 1. The number of ether oxygens (including phenoxy) is 1. The molecule has 0 saturated carbocycles. The maximum atomic E-state index is 11.3. The van der Waals surface area contributed by atoms with Crippen LogP contribution in [0.5, 0.6) is 0 Å². The molecule has 4 N–H and O–H groups in total. The van der Waals surface area contributed by atoms with E-state index in [1.54, 1.807) is 6.92 Å². The van der Waals surface area contributed by atoms with E-state index in [0.29, 0.717) is 19.4 Å². The molecular formula is C8H19N3O4S. The molecule has 0 bridgehead atoms. The summed E-state index contributed by atoms with van der Waals surface area (Å²) in [5.41, 5.74) is 5.22. The molecule has 7 nitrogen and oxygen atoms in total.